The van der Waals surface area contributed by atoms with E-state index in [4.69, 9.17) is 4.74 Å². The molecule has 2 fully saturated rings. The Bertz CT molecular complexity index is 393. The van der Waals surface area contributed by atoms with E-state index in [1.807, 2.05) is 19.1 Å². The highest BCUT2D eigenvalue weighted by atomic mass is 16.5. The molecule has 0 bridgehead atoms. The molecule has 1 saturated heterocycles. The van der Waals surface area contributed by atoms with Crippen molar-refractivity contribution in [3.8, 4) is 5.75 Å². The highest BCUT2D eigenvalue weighted by molar-refractivity contribution is 5.25. The molecule has 3 heteroatoms. The first-order valence-electron chi connectivity index (χ1n) is 6.02. The molecule has 1 aromatic heterocycles. The van der Waals surface area contributed by atoms with Crippen LogP contribution in [0.5, 0.6) is 5.75 Å². The molecule has 3 nitrogen and oxygen atoms in total. The molecule has 1 aliphatic carbocycles. The lowest BCUT2D eigenvalue weighted by molar-refractivity contribution is 0.175. The number of hydrogen-bond acceptors (Lipinski definition) is 3. The Morgan fingerprint density at radius 3 is 3.06 bits per heavy atom. The second kappa shape index (κ2) is 3.74. The van der Waals surface area contributed by atoms with Crippen LogP contribution in [0.1, 0.15) is 18.5 Å². The summed E-state index contributed by atoms with van der Waals surface area (Å²) in [6.07, 6.45) is 4.51. The zero-order chi connectivity index (χ0) is 11.1. The standard InChI is InChI=1S/C13H18N2O/c1-9-13(4-3-5-14-9)16-8-11-6-10-7-12(10)15(11)2/h3-5,10-12H,6-8H2,1-2H3. The van der Waals surface area contributed by atoms with Crippen LogP contribution in [0.15, 0.2) is 18.3 Å². The van der Waals surface area contributed by atoms with E-state index in [0.717, 1.165) is 30.0 Å². The number of ether oxygens (including phenoxy) is 1. The second-order valence-electron chi connectivity index (χ2n) is 5.02. The lowest BCUT2D eigenvalue weighted by Gasteiger charge is -2.23. The molecule has 3 atom stereocenters. The maximum Gasteiger partial charge on any atom is 0.140 e. The van der Waals surface area contributed by atoms with Crippen molar-refractivity contribution in [3.05, 3.63) is 24.0 Å². The number of nitrogens with zero attached hydrogens (tertiary/aromatic N) is 2. The van der Waals surface area contributed by atoms with Gasteiger partial charge in [0.2, 0.25) is 0 Å². The normalized spacial score (nSPS) is 32.5. The molecule has 3 rings (SSSR count). The van der Waals surface area contributed by atoms with E-state index in [1.54, 1.807) is 6.20 Å². The Hall–Kier alpha value is -1.09. The largest absolute Gasteiger partial charge is 0.490 e. The fraction of sp³-hybridized carbons (Fsp3) is 0.615. The monoisotopic (exact) mass is 218 g/mol. The number of pyridine rings is 1. The van der Waals surface area contributed by atoms with Crippen molar-refractivity contribution >= 4 is 0 Å². The van der Waals surface area contributed by atoms with Gasteiger partial charge in [-0.2, -0.15) is 0 Å². The third kappa shape index (κ3) is 1.69. The van der Waals surface area contributed by atoms with E-state index in [1.165, 1.54) is 12.8 Å². The molecule has 16 heavy (non-hydrogen) atoms. The minimum Gasteiger partial charge on any atom is -0.490 e. The van der Waals surface area contributed by atoms with Crippen LogP contribution < -0.4 is 4.74 Å². The molecule has 0 amide bonds. The van der Waals surface area contributed by atoms with E-state index in [9.17, 15) is 0 Å². The van der Waals surface area contributed by atoms with Gasteiger partial charge in [-0.1, -0.05) is 0 Å². The third-order valence-electron chi connectivity index (χ3n) is 3.95. The van der Waals surface area contributed by atoms with Gasteiger partial charge in [0.1, 0.15) is 12.4 Å². The van der Waals surface area contributed by atoms with Gasteiger partial charge in [0.05, 0.1) is 5.69 Å². The quantitative estimate of drug-likeness (QED) is 0.774. The van der Waals surface area contributed by atoms with Crippen molar-refractivity contribution < 1.29 is 4.74 Å². The number of aromatic nitrogens is 1. The zero-order valence-corrected chi connectivity index (χ0v) is 9.89. The SMILES string of the molecule is Cc1ncccc1OCC1CC2CC2N1C. The van der Waals surface area contributed by atoms with E-state index in [-0.39, 0.29) is 0 Å². The van der Waals surface area contributed by atoms with Gasteiger partial charge in [0.15, 0.2) is 0 Å². The van der Waals surface area contributed by atoms with Crippen LogP contribution >= 0.6 is 0 Å². The van der Waals surface area contributed by atoms with Crippen LogP contribution in [0.3, 0.4) is 0 Å². The van der Waals surface area contributed by atoms with Gasteiger partial charge in [-0.25, -0.2) is 0 Å². The van der Waals surface area contributed by atoms with E-state index in [2.05, 4.69) is 16.9 Å². The van der Waals surface area contributed by atoms with Crippen molar-refractivity contribution in [1.29, 1.82) is 0 Å². The Balaban J connectivity index is 1.59. The van der Waals surface area contributed by atoms with Crippen molar-refractivity contribution in [2.45, 2.75) is 31.8 Å². The van der Waals surface area contributed by atoms with Gasteiger partial charge in [0.25, 0.3) is 0 Å². The minimum atomic E-state index is 0.600. The Labute approximate surface area is 96.4 Å². The van der Waals surface area contributed by atoms with Gasteiger partial charge in [-0.3, -0.25) is 9.88 Å². The molecule has 1 aromatic rings. The Kier molecular flexibility index (Phi) is 2.36. The van der Waals surface area contributed by atoms with Crippen LogP contribution in [0, 0.1) is 12.8 Å². The highest BCUT2D eigenvalue weighted by Gasteiger charge is 2.50. The van der Waals surface area contributed by atoms with Gasteiger partial charge in [-0.05, 0) is 44.9 Å². The van der Waals surface area contributed by atoms with Gasteiger partial charge < -0.3 is 4.74 Å². The molecular formula is C13H18N2O. The molecule has 86 valence electrons. The number of hydrogen-bond donors (Lipinski definition) is 0. The van der Waals surface area contributed by atoms with Crippen molar-refractivity contribution in [3.63, 3.8) is 0 Å². The smallest absolute Gasteiger partial charge is 0.140 e. The first kappa shape index (κ1) is 10.1. The topological polar surface area (TPSA) is 25.4 Å². The molecule has 1 saturated carbocycles. The van der Waals surface area contributed by atoms with E-state index >= 15 is 0 Å². The summed E-state index contributed by atoms with van der Waals surface area (Å²) in [6, 6.07) is 5.38. The van der Waals surface area contributed by atoms with Crippen LogP contribution in [0.4, 0.5) is 0 Å². The van der Waals surface area contributed by atoms with Gasteiger partial charge in [0, 0.05) is 18.3 Å². The molecule has 0 radical (unpaired) electrons. The van der Waals surface area contributed by atoms with Crippen molar-refractivity contribution in [2.24, 2.45) is 5.92 Å². The maximum absolute atomic E-state index is 5.86. The number of fused-ring (bicyclic) bond motifs is 1. The van der Waals surface area contributed by atoms with Gasteiger partial charge in [-0.15, -0.1) is 0 Å². The van der Waals surface area contributed by atoms with Crippen LogP contribution in [0.25, 0.3) is 0 Å². The minimum absolute atomic E-state index is 0.600. The molecular weight excluding hydrogens is 200 g/mol. The average molecular weight is 218 g/mol. The van der Waals surface area contributed by atoms with Crippen LogP contribution in [-0.4, -0.2) is 35.6 Å². The molecule has 0 aromatic carbocycles. The number of likely N-dealkylation sites (N-methyl/N-ethyl adjacent to an activating group) is 1. The maximum atomic E-state index is 5.86. The summed E-state index contributed by atoms with van der Waals surface area (Å²) in [5.74, 6) is 1.88. The first-order valence-corrected chi connectivity index (χ1v) is 6.02. The first-order chi connectivity index (χ1) is 7.75. The Morgan fingerprint density at radius 2 is 2.38 bits per heavy atom. The summed E-state index contributed by atoms with van der Waals surface area (Å²) in [5.41, 5.74) is 0.980. The molecule has 1 aliphatic heterocycles. The lowest BCUT2D eigenvalue weighted by atomic mass is 10.2. The van der Waals surface area contributed by atoms with Crippen LogP contribution in [-0.2, 0) is 0 Å². The second-order valence-corrected chi connectivity index (χ2v) is 5.02. The molecule has 2 aliphatic rings. The molecule has 0 N–H and O–H groups in total. The summed E-state index contributed by atoms with van der Waals surface area (Å²) < 4.78 is 5.86. The van der Waals surface area contributed by atoms with Crippen LogP contribution in [0.2, 0.25) is 0 Å². The average Bonchev–Trinajstić information content (AvgIpc) is 2.98. The summed E-state index contributed by atoms with van der Waals surface area (Å²) in [4.78, 5) is 6.71. The summed E-state index contributed by atoms with van der Waals surface area (Å²) in [6.45, 7) is 2.79. The molecule has 2 heterocycles. The number of likely N-dealkylation sites (tertiary alicyclic amines) is 1. The lowest BCUT2D eigenvalue weighted by Crippen LogP contribution is -2.33. The van der Waals surface area contributed by atoms with Crippen molar-refractivity contribution in [1.82, 2.24) is 9.88 Å². The van der Waals surface area contributed by atoms with E-state index < -0.39 is 0 Å². The summed E-state index contributed by atoms with van der Waals surface area (Å²) in [7, 11) is 2.22. The number of piperidine rings is 1. The predicted molar refractivity (Wildman–Crippen MR) is 62.5 cm³/mol. The van der Waals surface area contributed by atoms with E-state index in [0.29, 0.717) is 6.04 Å². The zero-order valence-electron chi connectivity index (χ0n) is 9.89. The Morgan fingerprint density at radius 1 is 1.50 bits per heavy atom. The summed E-state index contributed by atoms with van der Waals surface area (Å²) in [5, 5.41) is 0. The number of aryl methyl sites for hydroxylation is 1. The third-order valence-corrected chi connectivity index (χ3v) is 3.95. The fourth-order valence-corrected chi connectivity index (χ4v) is 2.76. The molecule has 3 unspecified atom stereocenters. The molecule has 0 spiro atoms. The predicted octanol–water partition coefficient (Wildman–Crippen LogP) is 1.86. The van der Waals surface area contributed by atoms with Gasteiger partial charge >= 0.3 is 0 Å². The van der Waals surface area contributed by atoms with Crippen molar-refractivity contribution in [2.75, 3.05) is 13.7 Å². The highest BCUT2D eigenvalue weighted by Crippen LogP contribution is 2.46. The summed E-state index contributed by atoms with van der Waals surface area (Å²) >= 11 is 0. The fourth-order valence-electron chi connectivity index (χ4n) is 2.76. The number of rotatable bonds is 3.